The number of aryl methyl sites for hydroxylation is 2. The van der Waals surface area contributed by atoms with E-state index >= 15 is 0 Å². The number of rotatable bonds is 3. The Morgan fingerprint density at radius 2 is 2.14 bits per heavy atom. The molecule has 0 amide bonds. The van der Waals surface area contributed by atoms with Crippen molar-refractivity contribution in [3.8, 4) is 5.69 Å². The fraction of sp³-hybridized carbons (Fsp3) is 0.471. The maximum absolute atomic E-state index is 4.83. The second-order valence-corrected chi connectivity index (χ2v) is 5.90. The van der Waals surface area contributed by atoms with E-state index in [-0.39, 0.29) is 0 Å². The van der Waals surface area contributed by atoms with Crippen molar-refractivity contribution >= 4 is 5.69 Å². The highest BCUT2D eigenvalue weighted by Gasteiger charge is 2.20. The number of nitrogens with one attached hydrogen (secondary N) is 1. The van der Waals surface area contributed by atoms with Crippen molar-refractivity contribution in [1.29, 1.82) is 0 Å². The number of nitrogens with zero attached hydrogens (tertiary/aromatic N) is 3. The van der Waals surface area contributed by atoms with Crippen LogP contribution in [0.25, 0.3) is 5.69 Å². The van der Waals surface area contributed by atoms with Gasteiger partial charge >= 0.3 is 0 Å². The van der Waals surface area contributed by atoms with Gasteiger partial charge in [-0.25, -0.2) is 4.98 Å². The SMILES string of the molecule is CCc1nc2c(n1-c1ccc(C)c(N(C)C)c1)CCNC2. The molecule has 0 aliphatic carbocycles. The standard InChI is InChI=1S/C17H24N4/c1-5-17-19-14-11-18-9-8-15(14)21(17)13-7-6-12(2)16(10-13)20(3)4/h6-7,10,18H,5,8-9,11H2,1-4H3. The summed E-state index contributed by atoms with van der Waals surface area (Å²) < 4.78 is 2.36. The Hall–Kier alpha value is -1.81. The molecule has 4 heteroatoms. The van der Waals surface area contributed by atoms with Crippen LogP contribution in [0.15, 0.2) is 18.2 Å². The van der Waals surface area contributed by atoms with E-state index in [2.05, 4.69) is 60.9 Å². The van der Waals surface area contributed by atoms with Gasteiger partial charge in [0.15, 0.2) is 0 Å². The highest BCUT2D eigenvalue weighted by Crippen LogP contribution is 2.26. The summed E-state index contributed by atoms with van der Waals surface area (Å²) in [5.74, 6) is 1.16. The van der Waals surface area contributed by atoms with Gasteiger partial charge in [-0.2, -0.15) is 0 Å². The minimum absolute atomic E-state index is 0.891. The van der Waals surface area contributed by atoms with Crippen LogP contribution in [0.4, 0.5) is 5.69 Å². The van der Waals surface area contributed by atoms with Crippen LogP contribution < -0.4 is 10.2 Å². The summed E-state index contributed by atoms with van der Waals surface area (Å²) in [7, 11) is 4.19. The summed E-state index contributed by atoms with van der Waals surface area (Å²) >= 11 is 0. The van der Waals surface area contributed by atoms with Crippen molar-refractivity contribution in [2.45, 2.75) is 33.2 Å². The van der Waals surface area contributed by atoms with Crippen molar-refractivity contribution in [3.05, 3.63) is 41.0 Å². The quantitative estimate of drug-likeness (QED) is 0.940. The molecule has 2 aromatic rings. The van der Waals surface area contributed by atoms with Gasteiger partial charge in [-0.15, -0.1) is 0 Å². The van der Waals surface area contributed by atoms with E-state index in [1.807, 2.05) is 0 Å². The van der Waals surface area contributed by atoms with Crippen LogP contribution in [-0.4, -0.2) is 30.2 Å². The number of hydrogen-bond donors (Lipinski definition) is 1. The number of anilines is 1. The molecule has 3 rings (SSSR count). The van der Waals surface area contributed by atoms with Gasteiger partial charge < -0.3 is 14.8 Å². The molecule has 1 aromatic carbocycles. The molecule has 0 spiro atoms. The monoisotopic (exact) mass is 284 g/mol. The van der Waals surface area contributed by atoms with E-state index in [0.717, 1.165) is 31.8 Å². The molecule has 1 N–H and O–H groups in total. The van der Waals surface area contributed by atoms with E-state index in [9.17, 15) is 0 Å². The first-order chi connectivity index (χ1) is 10.1. The van der Waals surface area contributed by atoms with E-state index in [4.69, 9.17) is 4.98 Å². The van der Waals surface area contributed by atoms with E-state index in [0.29, 0.717) is 0 Å². The van der Waals surface area contributed by atoms with Crippen molar-refractivity contribution < 1.29 is 0 Å². The van der Waals surface area contributed by atoms with Gasteiger partial charge in [0.2, 0.25) is 0 Å². The predicted octanol–water partition coefficient (Wildman–Crippen LogP) is 2.45. The Bertz CT molecular complexity index is 655. The van der Waals surface area contributed by atoms with Gasteiger partial charge in [0.05, 0.1) is 5.69 Å². The molecule has 0 radical (unpaired) electrons. The molecule has 112 valence electrons. The van der Waals surface area contributed by atoms with Crippen LogP contribution in [0.3, 0.4) is 0 Å². The van der Waals surface area contributed by atoms with Crippen molar-refractivity contribution in [3.63, 3.8) is 0 Å². The summed E-state index contributed by atoms with van der Waals surface area (Å²) in [5.41, 5.74) is 6.39. The molecular formula is C17H24N4. The zero-order valence-corrected chi connectivity index (χ0v) is 13.4. The number of hydrogen-bond acceptors (Lipinski definition) is 3. The van der Waals surface area contributed by atoms with Crippen LogP contribution in [0.5, 0.6) is 0 Å². The maximum atomic E-state index is 4.83. The van der Waals surface area contributed by atoms with Crippen LogP contribution >= 0.6 is 0 Å². The van der Waals surface area contributed by atoms with Crippen LogP contribution in [-0.2, 0) is 19.4 Å². The average Bonchev–Trinajstić information content (AvgIpc) is 2.86. The predicted molar refractivity (Wildman–Crippen MR) is 87.4 cm³/mol. The summed E-state index contributed by atoms with van der Waals surface area (Å²) in [5, 5.41) is 3.41. The largest absolute Gasteiger partial charge is 0.377 e. The van der Waals surface area contributed by atoms with Gasteiger partial charge in [-0.3, -0.25) is 0 Å². The molecule has 1 aromatic heterocycles. The van der Waals surface area contributed by atoms with Crippen molar-refractivity contribution in [2.24, 2.45) is 0 Å². The topological polar surface area (TPSA) is 33.1 Å². The summed E-state index contributed by atoms with van der Waals surface area (Å²) in [6.45, 7) is 6.27. The lowest BCUT2D eigenvalue weighted by Gasteiger charge is -2.20. The maximum Gasteiger partial charge on any atom is 0.113 e. The van der Waals surface area contributed by atoms with E-state index < -0.39 is 0 Å². The van der Waals surface area contributed by atoms with Gasteiger partial charge in [0.25, 0.3) is 0 Å². The van der Waals surface area contributed by atoms with Crippen LogP contribution in [0, 0.1) is 6.92 Å². The number of aromatic nitrogens is 2. The van der Waals surface area contributed by atoms with Gasteiger partial charge in [0.1, 0.15) is 5.82 Å². The van der Waals surface area contributed by atoms with E-state index in [1.54, 1.807) is 0 Å². The third kappa shape index (κ3) is 2.44. The number of imidazole rings is 1. The zero-order valence-electron chi connectivity index (χ0n) is 13.4. The normalized spacial score (nSPS) is 14.1. The van der Waals surface area contributed by atoms with Crippen molar-refractivity contribution in [2.75, 3.05) is 25.5 Å². The van der Waals surface area contributed by atoms with Crippen molar-refractivity contribution in [1.82, 2.24) is 14.9 Å². The number of fused-ring (bicyclic) bond motifs is 1. The molecule has 21 heavy (non-hydrogen) atoms. The molecule has 0 unspecified atom stereocenters. The highest BCUT2D eigenvalue weighted by molar-refractivity contribution is 5.58. The van der Waals surface area contributed by atoms with Crippen LogP contribution in [0.2, 0.25) is 0 Å². The Balaban J connectivity index is 2.16. The van der Waals surface area contributed by atoms with Gasteiger partial charge in [-0.1, -0.05) is 13.0 Å². The molecule has 4 nitrogen and oxygen atoms in total. The second-order valence-electron chi connectivity index (χ2n) is 5.90. The Kier molecular flexibility index (Phi) is 3.72. The fourth-order valence-electron chi connectivity index (χ4n) is 3.13. The molecular weight excluding hydrogens is 260 g/mol. The molecule has 0 atom stereocenters. The lowest BCUT2D eigenvalue weighted by molar-refractivity contribution is 0.620. The average molecular weight is 284 g/mol. The first-order valence-electron chi connectivity index (χ1n) is 7.70. The van der Waals surface area contributed by atoms with E-state index in [1.165, 1.54) is 28.3 Å². The summed E-state index contributed by atoms with van der Waals surface area (Å²) in [6, 6.07) is 6.70. The summed E-state index contributed by atoms with van der Waals surface area (Å²) in [4.78, 5) is 7.01. The Morgan fingerprint density at radius 1 is 1.33 bits per heavy atom. The zero-order chi connectivity index (χ0) is 15.0. The molecule has 1 aliphatic rings. The summed E-state index contributed by atoms with van der Waals surface area (Å²) in [6.07, 6.45) is 2.01. The second kappa shape index (κ2) is 5.53. The molecule has 0 saturated carbocycles. The smallest absolute Gasteiger partial charge is 0.113 e. The first-order valence-corrected chi connectivity index (χ1v) is 7.70. The number of benzene rings is 1. The lowest BCUT2D eigenvalue weighted by Crippen LogP contribution is -2.24. The molecule has 2 heterocycles. The third-order valence-corrected chi connectivity index (χ3v) is 4.21. The highest BCUT2D eigenvalue weighted by atomic mass is 15.1. The molecule has 1 aliphatic heterocycles. The van der Waals surface area contributed by atoms with Gasteiger partial charge in [-0.05, 0) is 24.6 Å². The Labute approximate surface area is 126 Å². The fourth-order valence-corrected chi connectivity index (χ4v) is 3.13. The first kappa shape index (κ1) is 14.1. The molecule has 0 fully saturated rings. The van der Waals surface area contributed by atoms with Crippen LogP contribution in [0.1, 0.15) is 29.7 Å². The molecule has 0 bridgehead atoms. The van der Waals surface area contributed by atoms with Gasteiger partial charge in [0, 0.05) is 57.1 Å². The lowest BCUT2D eigenvalue weighted by atomic mass is 10.1. The Morgan fingerprint density at radius 3 is 2.86 bits per heavy atom. The minimum Gasteiger partial charge on any atom is -0.377 e. The third-order valence-electron chi connectivity index (χ3n) is 4.21. The molecule has 0 saturated heterocycles. The minimum atomic E-state index is 0.891.